The second-order valence-corrected chi connectivity index (χ2v) is 11.5. The molecule has 3 amide bonds. The molecule has 0 radical (unpaired) electrons. The maximum atomic E-state index is 14.0. The Kier molecular flexibility index (Phi) is 8.49. The highest BCUT2D eigenvalue weighted by atomic mass is 16.7. The lowest BCUT2D eigenvalue weighted by Gasteiger charge is -2.28. The second-order valence-electron chi connectivity index (χ2n) is 11.5. The van der Waals surface area contributed by atoms with Gasteiger partial charge in [-0.25, -0.2) is 0 Å². The second kappa shape index (κ2) is 12.8. The third-order valence-electron chi connectivity index (χ3n) is 8.58. The molecule has 43 heavy (non-hydrogen) atoms. The highest BCUT2D eigenvalue weighted by Gasteiger charge is 2.29. The van der Waals surface area contributed by atoms with E-state index in [2.05, 4.69) is 10.2 Å². The van der Waals surface area contributed by atoms with Crippen LogP contribution in [0.15, 0.2) is 66.7 Å². The molecule has 9 nitrogen and oxygen atoms in total. The largest absolute Gasteiger partial charge is 0.454 e. The van der Waals surface area contributed by atoms with Crippen molar-refractivity contribution in [2.45, 2.75) is 38.6 Å². The zero-order valence-corrected chi connectivity index (χ0v) is 24.6. The van der Waals surface area contributed by atoms with Crippen molar-refractivity contribution in [3.05, 3.63) is 83.4 Å². The Hall–Kier alpha value is -4.53. The molecule has 2 heterocycles. The summed E-state index contributed by atoms with van der Waals surface area (Å²) in [5.74, 6) is 1.13. The van der Waals surface area contributed by atoms with Crippen LogP contribution in [0.2, 0.25) is 0 Å². The molecule has 1 N–H and O–H groups in total. The summed E-state index contributed by atoms with van der Waals surface area (Å²) in [6.07, 6.45) is 5.08. The van der Waals surface area contributed by atoms with Crippen LogP contribution in [0, 0.1) is 5.92 Å². The van der Waals surface area contributed by atoms with E-state index in [0.717, 1.165) is 56.4 Å². The molecule has 0 aromatic heterocycles. The fourth-order valence-electron chi connectivity index (χ4n) is 6.25. The number of anilines is 2. The molecule has 1 saturated carbocycles. The number of hydrogen-bond donors (Lipinski definition) is 1. The molecule has 3 aromatic carbocycles. The number of benzene rings is 3. The number of nitrogens with one attached hydrogen (secondary N) is 1. The van der Waals surface area contributed by atoms with E-state index in [1.165, 1.54) is 0 Å². The quantitative estimate of drug-likeness (QED) is 0.414. The van der Waals surface area contributed by atoms with Gasteiger partial charge in [0.2, 0.25) is 12.7 Å². The molecular formula is C34H38N4O5. The highest BCUT2D eigenvalue weighted by Crippen LogP contribution is 2.33. The summed E-state index contributed by atoms with van der Waals surface area (Å²) in [5, 5.41) is 2.95. The van der Waals surface area contributed by atoms with Gasteiger partial charge in [0.05, 0.1) is 5.56 Å². The molecule has 0 atom stereocenters. The smallest absolute Gasteiger partial charge is 0.256 e. The van der Waals surface area contributed by atoms with E-state index in [0.29, 0.717) is 47.9 Å². The summed E-state index contributed by atoms with van der Waals surface area (Å²) in [5.41, 5.74) is 3.30. The van der Waals surface area contributed by atoms with Gasteiger partial charge in [-0.2, -0.15) is 0 Å². The summed E-state index contributed by atoms with van der Waals surface area (Å²) in [6, 6.07) is 20.4. The number of hydrogen-bond acceptors (Lipinski definition) is 6. The minimum atomic E-state index is -0.307. The lowest BCUT2D eigenvalue weighted by molar-refractivity contribution is -0.135. The lowest BCUT2D eigenvalue weighted by Crippen LogP contribution is -2.38. The number of amides is 3. The van der Waals surface area contributed by atoms with Crippen molar-refractivity contribution in [1.29, 1.82) is 0 Å². The normalized spacial score (nSPS) is 16.6. The summed E-state index contributed by atoms with van der Waals surface area (Å²) in [6.45, 7) is 3.32. The van der Waals surface area contributed by atoms with Crippen LogP contribution in [0.25, 0.3) is 0 Å². The molecule has 2 fully saturated rings. The third-order valence-corrected chi connectivity index (χ3v) is 8.58. The number of rotatable bonds is 7. The summed E-state index contributed by atoms with van der Waals surface area (Å²) >= 11 is 0. The van der Waals surface area contributed by atoms with Crippen LogP contribution in [0.1, 0.15) is 58.4 Å². The monoisotopic (exact) mass is 582 g/mol. The van der Waals surface area contributed by atoms with E-state index in [1.54, 1.807) is 36.2 Å². The van der Waals surface area contributed by atoms with Crippen LogP contribution in [0.3, 0.4) is 0 Å². The molecule has 9 heteroatoms. The zero-order valence-electron chi connectivity index (χ0n) is 24.6. The molecule has 0 unspecified atom stereocenters. The standard InChI is InChI=1S/C34H38N4O5/c1-36(22-24-8-3-2-4-9-24)34(41)28-21-27(35-32(39)26-12-15-30-31(20-26)43-23-42-30)13-14-29(28)37-16-7-17-38(19-18-37)33(40)25-10-5-6-11-25/h2-4,8-9,12-15,20-21,25H,5-7,10-11,16-19,22-23H2,1H3,(H,35,39). The first-order valence-corrected chi connectivity index (χ1v) is 15.1. The zero-order chi connectivity index (χ0) is 29.8. The number of carbonyl (C=O) groups is 3. The van der Waals surface area contributed by atoms with Gasteiger partial charge in [0.1, 0.15) is 0 Å². The summed E-state index contributed by atoms with van der Waals surface area (Å²) < 4.78 is 10.8. The molecule has 1 aliphatic carbocycles. The topological polar surface area (TPSA) is 91.4 Å². The van der Waals surface area contributed by atoms with Gasteiger partial charge in [-0.1, -0.05) is 43.2 Å². The maximum Gasteiger partial charge on any atom is 0.256 e. The Morgan fingerprint density at radius 1 is 0.860 bits per heavy atom. The van der Waals surface area contributed by atoms with E-state index in [9.17, 15) is 14.4 Å². The average molecular weight is 583 g/mol. The van der Waals surface area contributed by atoms with Gasteiger partial charge in [-0.05, 0) is 61.2 Å². The van der Waals surface area contributed by atoms with E-state index in [-0.39, 0.29) is 30.4 Å². The average Bonchev–Trinajstić information content (AvgIpc) is 3.68. The van der Waals surface area contributed by atoms with Crippen LogP contribution >= 0.6 is 0 Å². The fourth-order valence-corrected chi connectivity index (χ4v) is 6.25. The summed E-state index contributed by atoms with van der Waals surface area (Å²) in [7, 11) is 1.79. The van der Waals surface area contributed by atoms with Gasteiger partial charge >= 0.3 is 0 Å². The van der Waals surface area contributed by atoms with Crippen LogP contribution in [-0.2, 0) is 11.3 Å². The van der Waals surface area contributed by atoms with Crippen molar-refractivity contribution in [3.63, 3.8) is 0 Å². The van der Waals surface area contributed by atoms with Crippen LogP contribution in [-0.4, -0.2) is 67.5 Å². The first-order chi connectivity index (χ1) is 21.0. The molecule has 224 valence electrons. The van der Waals surface area contributed by atoms with Gasteiger partial charge in [0.15, 0.2) is 11.5 Å². The molecule has 6 rings (SSSR count). The van der Waals surface area contributed by atoms with E-state index in [1.807, 2.05) is 47.4 Å². The molecule has 1 saturated heterocycles. The van der Waals surface area contributed by atoms with Crippen LogP contribution < -0.4 is 19.7 Å². The van der Waals surface area contributed by atoms with Crippen LogP contribution in [0.5, 0.6) is 11.5 Å². The fraction of sp³-hybridized carbons (Fsp3) is 0.382. The molecular weight excluding hydrogens is 544 g/mol. The van der Waals surface area contributed by atoms with Crippen molar-refractivity contribution in [1.82, 2.24) is 9.80 Å². The van der Waals surface area contributed by atoms with Crippen molar-refractivity contribution in [2.75, 3.05) is 50.2 Å². The first kappa shape index (κ1) is 28.6. The van der Waals surface area contributed by atoms with Gasteiger partial charge < -0.3 is 29.5 Å². The Bertz CT molecular complexity index is 1490. The van der Waals surface area contributed by atoms with Gasteiger partial charge in [0.25, 0.3) is 11.8 Å². The SMILES string of the molecule is CN(Cc1ccccc1)C(=O)c1cc(NC(=O)c2ccc3c(c2)OCO3)ccc1N1CCCN(C(=O)C2CCCC2)CC1. The lowest BCUT2D eigenvalue weighted by atomic mass is 10.1. The summed E-state index contributed by atoms with van der Waals surface area (Å²) in [4.78, 5) is 46.2. The van der Waals surface area contributed by atoms with Crippen molar-refractivity contribution >= 4 is 29.1 Å². The molecule has 3 aromatic rings. The molecule has 0 spiro atoms. The van der Waals surface area contributed by atoms with Gasteiger partial charge in [-0.15, -0.1) is 0 Å². The minimum Gasteiger partial charge on any atom is -0.454 e. The Morgan fingerprint density at radius 3 is 2.47 bits per heavy atom. The predicted molar refractivity (Wildman–Crippen MR) is 165 cm³/mol. The van der Waals surface area contributed by atoms with E-state index >= 15 is 0 Å². The number of nitrogens with zero attached hydrogens (tertiary/aromatic N) is 3. The first-order valence-electron chi connectivity index (χ1n) is 15.1. The minimum absolute atomic E-state index is 0.132. The highest BCUT2D eigenvalue weighted by molar-refractivity contribution is 6.06. The molecule has 3 aliphatic rings. The number of ether oxygens (including phenoxy) is 2. The Morgan fingerprint density at radius 2 is 1.65 bits per heavy atom. The Balaban J connectivity index is 1.24. The van der Waals surface area contributed by atoms with E-state index < -0.39 is 0 Å². The van der Waals surface area contributed by atoms with Crippen LogP contribution in [0.4, 0.5) is 11.4 Å². The predicted octanol–water partition coefficient (Wildman–Crippen LogP) is 5.17. The molecule has 0 bridgehead atoms. The maximum absolute atomic E-state index is 14.0. The van der Waals surface area contributed by atoms with Crippen molar-refractivity contribution < 1.29 is 23.9 Å². The van der Waals surface area contributed by atoms with Crippen molar-refractivity contribution in [2.24, 2.45) is 5.92 Å². The van der Waals surface area contributed by atoms with Gasteiger partial charge in [-0.3, -0.25) is 14.4 Å². The third kappa shape index (κ3) is 6.45. The number of fused-ring (bicyclic) bond motifs is 1. The van der Waals surface area contributed by atoms with Gasteiger partial charge in [0, 0.05) is 62.6 Å². The number of carbonyl (C=O) groups excluding carboxylic acids is 3. The molecule has 2 aliphatic heterocycles. The van der Waals surface area contributed by atoms with Crippen molar-refractivity contribution in [3.8, 4) is 11.5 Å². The van der Waals surface area contributed by atoms with E-state index in [4.69, 9.17) is 9.47 Å². The Labute approximate surface area is 252 Å².